The molecule has 4 amide bonds. The van der Waals surface area contributed by atoms with Crippen LogP contribution in [0.2, 0.25) is 0 Å². The second-order valence-electron chi connectivity index (χ2n) is 11.6. The van der Waals surface area contributed by atoms with Crippen LogP contribution in [0.25, 0.3) is 0 Å². The Kier molecular flexibility index (Phi) is 5.47. The molecule has 0 spiro atoms. The number of halogens is 3. The van der Waals surface area contributed by atoms with Crippen molar-refractivity contribution in [3.63, 3.8) is 0 Å². The number of phenols is 2. The number of fused-ring (bicyclic) bond motifs is 1. The predicted octanol–water partition coefficient (Wildman–Crippen LogP) is 3.65. The van der Waals surface area contributed by atoms with Gasteiger partial charge < -0.3 is 10.2 Å². The van der Waals surface area contributed by atoms with Crippen LogP contribution in [0.3, 0.4) is 0 Å². The van der Waals surface area contributed by atoms with Crippen molar-refractivity contribution in [1.82, 2.24) is 4.90 Å². The first kappa shape index (κ1) is 26.3. The number of likely N-dealkylation sites (tertiary alicyclic amines) is 1. The number of hydrogen-bond donors (Lipinski definition) is 2. The summed E-state index contributed by atoms with van der Waals surface area (Å²) in [5, 5.41) is 20.6. The predicted molar refractivity (Wildman–Crippen MR) is 134 cm³/mol. The molecule has 3 saturated carbocycles. The highest BCUT2D eigenvalue weighted by atomic mass is 19.4. The smallest absolute Gasteiger partial charge is 0.402 e. The van der Waals surface area contributed by atoms with Crippen LogP contribution >= 0.6 is 0 Å². The Balaban J connectivity index is 1.45. The van der Waals surface area contributed by atoms with Crippen LogP contribution in [0.15, 0.2) is 36.4 Å². The number of aromatic hydroxyl groups is 2. The molecule has 3 aliphatic carbocycles. The zero-order chi connectivity index (χ0) is 29.0. The summed E-state index contributed by atoms with van der Waals surface area (Å²) in [6.07, 6.45) is -3.88. The van der Waals surface area contributed by atoms with E-state index in [2.05, 4.69) is 0 Å². The van der Waals surface area contributed by atoms with Gasteiger partial charge in [-0.25, -0.2) is 4.90 Å². The molecule has 2 aromatic rings. The topological polar surface area (TPSA) is 115 Å². The largest absolute Gasteiger partial charge is 0.508 e. The SMILES string of the molecule is Cc1cc(C(C)(c2ccc(O)c(N3C(=O)C4C5CCC(C6C(=O)N(C)C(=O)C56)C4C3=O)c2)C(F)(F)F)ccc1O. The Bertz CT molecular complexity index is 1460. The van der Waals surface area contributed by atoms with Gasteiger partial charge >= 0.3 is 6.18 Å². The third kappa shape index (κ3) is 3.20. The van der Waals surface area contributed by atoms with Crippen LogP contribution in [-0.2, 0) is 24.6 Å². The molecule has 2 aromatic carbocycles. The highest BCUT2D eigenvalue weighted by molar-refractivity contribution is 6.23. The lowest BCUT2D eigenvalue weighted by Gasteiger charge is -2.48. The number of anilines is 1. The molecule has 5 aliphatic rings. The molecule has 210 valence electrons. The summed E-state index contributed by atoms with van der Waals surface area (Å²) < 4.78 is 44.2. The van der Waals surface area contributed by atoms with E-state index in [-0.39, 0.29) is 39.9 Å². The Morgan fingerprint density at radius 2 is 1.20 bits per heavy atom. The number of rotatable bonds is 3. The minimum atomic E-state index is -4.83. The molecule has 0 radical (unpaired) electrons. The van der Waals surface area contributed by atoms with Crippen molar-refractivity contribution >= 4 is 29.3 Å². The second-order valence-corrected chi connectivity index (χ2v) is 11.6. The highest BCUT2D eigenvalue weighted by Gasteiger charge is 2.69. The number of hydrogen-bond acceptors (Lipinski definition) is 6. The third-order valence-electron chi connectivity index (χ3n) is 9.83. The fraction of sp³-hybridized carbons (Fsp3) is 0.448. The van der Waals surface area contributed by atoms with Gasteiger partial charge in [-0.15, -0.1) is 0 Å². The van der Waals surface area contributed by atoms with E-state index in [9.17, 15) is 42.6 Å². The van der Waals surface area contributed by atoms with Crippen LogP contribution in [-0.4, -0.2) is 52.0 Å². The molecule has 11 heteroatoms. The molecular weight excluding hydrogens is 529 g/mol. The van der Waals surface area contributed by atoms with E-state index in [0.717, 1.165) is 41.0 Å². The molecule has 2 heterocycles. The Morgan fingerprint density at radius 3 is 1.68 bits per heavy atom. The minimum Gasteiger partial charge on any atom is -0.508 e. The summed E-state index contributed by atoms with van der Waals surface area (Å²) in [6.45, 7) is 2.43. The number of phenolic OH excluding ortho intramolecular Hbond substituents is 2. The first-order valence-electron chi connectivity index (χ1n) is 13.1. The molecule has 8 nitrogen and oxygen atoms in total. The number of benzene rings is 2. The summed E-state index contributed by atoms with van der Waals surface area (Å²) >= 11 is 0. The quantitative estimate of drug-likeness (QED) is 0.558. The molecule has 7 rings (SSSR count). The molecule has 7 unspecified atom stereocenters. The lowest BCUT2D eigenvalue weighted by atomic mass is 9.51. The summed E-state index contributed by atoms with van der Waals surface area (Å²) in [5.41, 5.74) is -3.25. The van der Waals surface area contributed by atoms with E-state index in [1.165, 1.54) is 26.1 Å². The molecule has 2 aliphatic heterocycles. The summed E-state index contributed by atoms with van der Waals surface area (Å²) in [5.74, 6) is -7.14. The van der Waals surface area contributed by atoms with Crippen LogP contribution in [0.4, 0.5) is 18.9 Å². The second kappa shape index (κ2) is 8.31. The minimum absolute atomic E-state index is 0.168. The lowest BCUT2D eigenvalue weighted by Crippen LogP contribution is -2.53. The highest BCUT2D eigenvalue weighted by Crippen LogP contribution is 2.61. The Labute approximate surface area is 227 Å². The first-order valence-corrected chi connectivity index (χ1v) is 13.1. The monoisotopic (exact) mass is 556 g/mol. The van der Waals surface area contributed by atoms with Crippen molar-refractivity contribution in [2.75, 3.05) is 11.9 Å². The maximum Gasteiger partial charge on any atom is 0.402 e. The van der Waals surface area contributed by atoms with Crippen molar-refractivity contribution in [1.29, 1.82) is 0 Å². The number of aryl methyl sites for hydroxylation is 1. The van der Waals surface area contributed by atoms with E-state index in [0.29, 0.717) is 12.8 Å². The zero-order valence-electron chi connectivity index (χ0n) is 21.9. The average Bonchev–Trinajstić information content (AvgIpc) is 3.32. The van der Waals surface area contributed by atoms with Gasteiger partial charge in [-0.3, -0.25) is 24.1 Å². The van der Waals surface area contributed by atoms with Gasteiger partial charge in [-0.05, 0) is 73.4 Å². The van der Waals surface area contributed by atoms with Crippen molar-refractivity contribution in [3.8, 4) is 11.5 Å². The molecule has 0 aromatic heterocycles. The molecule has 5 fully saturated rings. The van der Waals surface area contributed by atoms with Crippen molar-refractivity contribution in [2.45, 2.75) is 38.3 Å². The molecule has 2 N–H and O–H groups in total. The van der Waals surface area contributed by atoms with Gasteiger partial charge in [0.05, 0.1) is 29.4 Å². The number of amides is 4. The fourth-order valence-electron chi connectivity index (χ4n) is 7.64. The molecule has 7 atom stereocenters. The Hall–Kier alpha value is -3.89. The van der Waals surface area contributed by atoms with Crippen LogP contribution in [0.1, 0.15) is 36.5 Å². The van der Waals surface area contributed by atoms with Crippen molar-refractivity contribution in [2.24, 2.45) is 35.5 Å². The molecule has 2 saturated heterocycles. The number of nitrogens with zero attached hydrogens (tertiary/aromatic N) is 2. The Morgan fingerprint density at radius 1 is 0.750 bits per heavy atom. The fourth-order valence-corrected chi connectivity index (χ4v) is 7.64. The van der Waals surface area contributed by atoms with Crippen LogP contribution in [0, 0.1) is 42.4 Å². The van der Waals surface area contributed by atoms with E-state index in [1.54, 1.807) is 0 Å². The van der Waals surface area contributed by atoms with Gasteiger partial charge in [0.1, 0.15) is 16.9 Å². The van der Waals surface area contributed by atoms with E-state index < -0.39 is 64.7 Å². The number of imide groups is 2. The van der Waals surface area contributed by atoms with E-state index in [1.807, 2.05) is 0 Å². The van der Waals surface area contributed by atoms with Gasteiger partial charge in [0.2, 0.25) is 23.6 Å². The molecular formula is C29H27F3N2O6. The summed E-state index contributed by atoms with van der Waals surface area (Å²) in [4.78, 5) is 55.2. The number of carbonyl (C=O) groups excluding carboxylic acids is 4. The maximum absolute atomic E-state index is 14.7. The van der Waals surface area contributed by atoms with Crippen molar-refractivity contribution in [3.05, 3.63) is 53.1 Å². The van der Waals surface area contributed by atoms with Gasteiger partial charge in [0.25, 0.3) is 0 Å². The van der Waals surface area contributed by atoms with Gasteiger partial charge in [-0.2, -0.15) is 13.2 Å². The van der Waals surface area contributed by atoms with Gasteiger partial charge in [0.15, 0.2) is 0 Å². The standard InChI is InChI=1S/C29H27F3N2O6/c1-12-10-13(4-8-18(12)35)28(2,29(30,31)32)14-5-9-19(36)17(11-14)34-26(39)22-15-6-7-16(23(22)27(34)40)21-20(15)24(37)33(3)25(21)38/h4-5,8-11,15-16,20-23,35-36H,6-7H2,1-3H3. The van der Waals surface area contributed by atoms with Crippen LogP contribution in [0.5, 0.6) is 11.5 Å². The number of carbonyl (C=O) groups is 4. The summed E-state index contributed by atoms with van der Waals surface area (Å²) in [7, 11) is 1.39. The maximum atomic E-state index is 14.7. The number of alkyl halides is 3. The normalized spacial score (nSPS) is 31.1. The van der Waals surface area contributed by atoms with E-state index in [4.69, 9.17) is 0 Å². The molecule has 2 bridgehead atoms. The average molecular weight is 557 g/mol. The van der Waals surface area contributed by atoms with Gasteiger partial charge in [0, 0.05) is 7.05 Å². The lowest BCUT2D eigenvalue weighted by molar-refractivity contribution is -0.173. The first-order chi connectivity index (χ1) is 18.7. The zero-order valence-corrected chi connectivity index (χ0v) is 21.9. The third-order valence-corrected chi connectivity index (χ3v) is 9.83. The van der Waals surface area contributed by atoms with Crippen molar-refractivity contribution < 1.29 is 42.6 Å². The molecule has 40 heavy (non-hydrogen) atoms. The van der Waals surface area contributed by atoms with E-state index >= 15 is 0 Å². The van der Waals surface area contributed by atoms with Crippen LogP contribution < -0.4 is 4.90 Å². The summed E-state index contributed by atoms with van der Waals surface area (Å²) in [6, 6.07) is 6.66. The van der Waals surface area contributed by atoms with Gasteiger partial charge in [-0.1, -0.05) is 18.2 Å².